The third kappa shape index (κ3) is 4.04. The lowest BCUT2D eigenvalue weighted by Gasteiger charge is -2.19. The summed E-state index contributed by atoms with van der Waals surface area (Å²) in [5.74, 6) is 1.24. The molecule has 2 aromatic carbocycles. The molecule has 0 spiro atoms. The van der Waals surface area contributed by atoms with E-state index in [0.717, 1.165) is 5.56 Å². The van der Waals surface area contributed by atoms with Gasteiger partial charge < -0.3 is 9.47 Å². The summed E-state index contributed by atoms with van der Waals surface area (Å²) in [7, 11) is 1.07. The van der Waals surface area contributed by atoms with Crippen molar-refractivity contribution < 1.29 is 17.9 Å². The van der Waals surface area contributed by atoms with Crippen LogP contribution in [-0.4, -0.2) is 34.0 Å². The van der Waals surface area contributed by atoms with Gasteiger partial charge in [-0.1, -0.05) is 28.1 Å². The molecule has 23 heavy (non-hydrogen) atoms. The van der Waals surface area contributed by atoms with Crippen LogP contribution in [-0.2, 0) is 16.6 Å². The molecule has 5 nitrogen and oxygen atoms in total. The Kier molecular flexibility index (Phi) is 5.67. The van der Waals surface area contributed by atoms with Gasteiger partial charge >= 0.3 is 0 Å². The van der Waals surface area contributed by atoms with Gasteiger partial charge in [0.1, 0.15) is 11.5 Å². The number of hydrogen-bond acceptors (Lipinski definition) is 4. The summed E-state index contributed by atoms with van der Waals surface area (Å²) in [6, 6.07) is 11.9. The number of rotatable bonds is 6. The molecule has 0 aromatic heterocycles. The zero-order valence-corrected chi connectivity index (χ0v) is 15.5. The van der Waals surface area contributed by atoms with Crippen molar-refractivity contribution in [3.8, 4) is 11.5 Å². The molecule has 0 bridgehead atoms. The molecule has 0 unspecified atom stereocenters. The third-order valence-corrected chi connectivity index (χ3v) is 5.68. The van der Waals surface area contributed by atoms with E-state index >= 15 is 0 Å². The van der Waals surface area contributed by atoms with Gasteiger partial charge in [0, 0.05) is 29.7 Å². The van der Waals surface area contributed by atoms with Gasteiger partial charge in [0.05, 0.1) is 19.1 Å². The Morgan fingerprint density at radius 2 is 1.83 bits per heavy atom. The molecule has 0 radical (unpaired) electrons. The van der Waals surface area contributed by atoms with Crippen LogP contribution in [0, 0.1) is 0 Å². The van der Waals surface area contributed by atoms with Crippen LogP contribution < -0.4 is 9.47 Å². The molecule has 0 aliphatic carbocycles. The molecule has 0 saturated carbocycles. The van der Waals surface area contributed by atoms with Crippen LogP contribution in [0.15, 0.2) is 51.8 Å². The molecule has 7 heteroatoms. The summed E-state index contributed by atoms with van der Waals surface area (Å²) in [6.45, 7) is 0.196. The van der Waals surface area contributed by atoms with Crippen LogP contribution in [0.3, 0.4) is 0 Å². The van der Waals surface area contributed by atoms with Crippen molar-refractivity contribution in [2.45, 2.75) is 11.4 Å². The molecule has 2 aromatic rings. The number of benzene rings is 2. The van der Waals surface area contributed by atoms with Gasteiger partial charge in [0.25, 0.3) is 0 Å². The quantitative estimate of drug-likeness (QED) is 0.747. The van der Waals surface area contributed by atoms with E-state index in [-0.39, 0.29) is 11.4 Å². The second kappa shape index (κ2) is 7.33. The van der Waals surface area contributed by atoms with E-state index in [1.54, 1.807) is 63.7 Å². The minimum Gasteiger partial charge on any atom is -0.497 e. The summed E-state index contributed by atoms with van der Waals surface area (Å²) in [5.41, 5.74) is 0.759. The van der Waals surface area contributed by atoms with E-state index in [1.165, 1.54) is 4.31 Å². The van der Waals surface area contributed by atoms with Gasteiger partial charge in [-0.2, -0.15) is 4.31 Å². The van der Waals surface area contributed by atoms with Crippen molar-refractivity contribution in [2.24, 2.45) is 0 Å². The lowest BCUT2D eigenvalue weighted by Crippen LogP contribution is -2.26. The van der Waals surface area contributed by atoms with Crippen molar-refractivity contribution in [1.29, 1.82) is 0 Å². The second-order valence-electron chi connectivity index (χ2n) is 4.90. The second-order valence-corrected chi connectivity index (χ2v) is 7.86. The highest BCUT2D eigenvalue weighted by Gasteiger charge is 2.22. The van der Waals surface area contributed by atoms with Gasteiger partial charge in [-0.3, -0.25) is 0 Å². The monoisotopic (exact) mass is 399 g/mol. The summed E-state index contributed by atoms with van der Waals surface area (Å²) in [6.07, 6.45) is 0. The van der Waals surface area contributed by atoms with E-state index in [1.807, 2.05) is 0 Å². The van der Waals surface area contributed by atoms with Crippen molar-refractivity contribution >= 4 is 26.0 Å². The first-order valence-corrected chi connectivity index (χ1v) is 9.04. The normalized spacial score (nSPS) is 11.5. The number of hydrogen-bond donors (Lipinski definition) is 0. The van der Waals surface area contributed by atoms with E-state index < -0.39 is 10.0 Å². The fourth-order valence-corrected chi connectivity index (χ4v) is 3.86. The highest BCUT2D eigenvalue weighted by Crippen LogP contribution is 2.27. The topological polar surface area (TPSA) is 55.8 Å². The standard InChI is InChI=1S/C16H18BrNO4S/c1-18(23(19,20)15-6-4-5-13(17)9-15)11-12-7-8-14(21-2)10-16(12)22-3/h4-10H,11H2,1-3H3. The van der Waals surface area contributed by atoms with E-state index in [9.17, 15) is 8.42 Å². The SMILES string of the molecule is COc1ccc(CN(C)S(=O)(=O)c2cccc(Br)c2)c(OC)c1. The van der Waals surface area contributed by atoms with Gasteiger partial charge in [-0.05, 0) is 24.3 Å². The maximum Gasteiger partial charge on any atom is 0.243 e. The summed E-state index contributed by atoms with van der Waals surface area (Å²) in [5, 5.41) is 0. The van der Waals surface area contributed by atoms with Gasteiger partial charge in [-0.25, -0.2) is 8.42 Å². The summed E-state index contributed by atoms with van der Waals surface area (Å²) >= 11 is 3.29. The van der Waals surface area contributed by atoms with Crippen molar-refractivity contribution in [1.82, 2.24) is 4.31 Å². The van der Waals surface area contributed by atoms with Gasteiger partial charge in [0.2, 0.25) is 10.0 Å². The van der Waals surface area contributed by atoms with E-state index in [0.29, 0.717) is 16.0 Å². The van der Waals surface area contributed by atoms with E-state index in [2.05, 4.69) is 15.9 Å². The average molecular weight is 400 g/mol. The maximum absolute atomic E-state index is 12.7. The zero-order valence-electron chi connectivity index (χ0n) is 13.1. The van der Waals surface area contributed by atoms with Crippen LogP contribution in [0.2, 0.25) is 0 Å². The molecule has 0 aliphatic rings. The molecule has 0 saturated heterocycles. The predicted octanol–water partition coefficient (Wildman–Crippen LogP) is 3.29. The average Bonchev–Trinajstić information content (AvgIpc) is 2.55. The third-order valence-electron chi connectivity index (χ3n) is 3.39. The molecular weight excluding hydrogens is 382 g/mol. The van der Waals surface area contributed by atoms with Crippen molar-refractivity contribution in [3.63, 3.8) is 0 Å². The minimum absolute atomic E-state index is 0.196. The van der Waals surface area contributed by atoms with Crippen molar-refractivity contribution in [2.75, 3.05) is 21.3 Å². The first-order chi connectivity index (χ1) is 10.9. The minimum atomic E-state index is -3.58. The molecule has 0 atom stereocenters. The fourth-order valence-electron chi connectivity index (χ4n) is 2.11. The maximum atomic E-state index is 12.7. The van der Waals surface area contributed by atoms with Crippen LogP contribution in [0.4, 0.5) is 0 Å². The Balaban J connectivity index is 2.29. The molecule has 0 fully saturated rings. The molecule has 0 amide bonds. The highest BCUT2D eigenvalue weighted by atomic mass is 79.9. The van der Waals surface area contributed by atoms with Gasteiger partial charge in [-0.15, -0.1) is 0 Å². The Morgan fingerprint density at radius 3 is 2.43 bits per heavy atom. The number of methoxy groups -OCH3 is 2. The molecule has 0 heterocycles. The zero-order chi connectivity index (χ0) is 17.0. The van der Waals surface area contributed by atoms with Crippen LogP contribution in [0.25, 0.3) is 0 Å². The smallest absolute Gasteiger partial charge is 0.243 e. The molecule has 124 valence electrons. The van der Waals surface area contributed by atoms with Crippen molar-refractivity contribution in [3.05, 3.63) is 52.5 Å². The van der Waals surface area contributed by atoms with Crippen LogP contribution in [0.5, 0.6) is 11.5 Å². The number of sulfonamides is 1. The van der Waals surface area contributed by atoms with Crippen LogP contribution >= 0.6 is 15.9 Å². The largest absolute Gasteiger partial charge is 0.497 e. The fraction of sp³-hybridized carbons (Fsp3) is 0.250. The Bertz CT molecular complexity index is 792. The number of halogens is 1. The first-order valence-electron chi connectivity index (χ1n) is 6.81. The number of nitrogens with zero attached hydrogens (tertiary/aromatic N) is 1. The summed E-state index contributed by atoms with van der Waals surface area (Å²) in [4.78, 5) is 0.238. The first kappa shape index (κ1) is 17.8. The van der Waals surface area contributed by atoms with E-state index in [4.69, 9.17) is 9.47 Å². The predicted molar refractivity (Wildman–Crippen MR) is 92.3 cm³/mol. The molecule has 2 rings (SSSR count). The lowest BCUT2D eigenvalue weighted by molar-refractivity contribution is 0.384. The highest BCUT2D eigenvalue weighted by molar-refractivity contribution is 9.10. The molecular formula is C16H18BrNO4S. The lowest BCUT2D eigenvalue weighted by atomic mass is 10.2. The number of ether oxygens (including phenoxy) is 2. The Labute approximate surface area is 145 Å². The Morgan fingerprint density at radius 1 is 1.09 bits per heavy atom. The molecule has 0 N–H and O–H groups in total. The van der Waals surface area contributed by atoms with Gasteiger partial charge in [0.15, 0.2) is 0 Å². The van der Waals surface area contributed by atoms with Crippen LogP contribution in [0.1, 0.15) is 5.56 Å². The Hall–Kier alpha value is -1.57. The molecule has 0 aliphatic heterocycles. The summed E-state index contributed by atoms with van der Waals surface area (Å²) < 4.78 is 37.8.